The van der Waals surface area contributed by atoms with Crippen LogP contribution in [0, 0.1) is 0 Å². The number of carbonyl (C=O) groups is 2. The van der Waals surface area contributed by atoms with Gasteiger partial charge in [-0.25, -0.2) is 0 Å². The number of hydrogen-bond donors (Lipinski definition) is 0. The highest BCUT2D eigenvalue weighted by Crippen LogP contribution is 2.16. The van der Waals surface area contributed by atoms with E-state index in [9.17, 15) is 9.59 Å². The van der Waals surface area contributed by atoms with E-state index in [0.717, 1.165) is 12.8 Å². The van der Waals surface area contributed by atoms with Gasteiger partial charge in [0.2, 0.25) is 5.78 Å². The van der Waals surface area contributed by atoms with Crippen LogP contribution in [-0.4, -0.2) is 25.7 Å². The maximum atomic E-state index is 11.7. The summed E-state index contributed by atoms with van der Waals surface area (Å²) in [4.78, 5) is 23.3. The van der Waals surface area contributed by atoms with Crippen molar-refractivity contribution < 1.29 is 14.3 Å². The molecule has 0 amide bonds. The van der Waals surface area contributed by atoms with Crippen LogP contribution in [0.2, 0.25) is 25.7 Å². The predicted molar refractivity (Wildman–Crippen MR) is 88.9 cm³/mol. The molecule has 0 fully saturated rings. The fraction of sp³-hybridized carbons (Fsp3) is 0.529. The van der Waals surface area contributed by atoms with Crippen LogP contribution in [0.15, 0.2) is 35.6 Å². The molecule has 0 aromatic carbocycles. The molecule has 0 aromatic rings. The third kappa shape index (κ3) is 6.71. The smallest absolute Gasteiger partial charge is 0.220 e. The van der Waals surface area contributed by atoms with Crippen molar-refractivity contribution in [3.05, 3.63) is 35.6 Å². The Morgan fingerprint density at radius 1 is 1.14 bits per heavy atom. The Balaban J connectivity index is 2.38. The largest absolute Gasteiger partial charge is 0.486 e. The first-order valence-corrected chi connectivity index (χ1v) is 11.2. The summed E-state index contributed by atoms with van der Waals surface area (Å²) in [6, 6.07) is 1.18. The lowest BCUT2D eigenvalue weighted by Crippen LogP contribution is -2.18. The van der Waals surface area contributed by atoms with Gasteiger partial charge in [-0.1, -0.05) is 31.8 Å². The Labute approximate surface area is 128 Å². The number of ether oxygens (including phenoxy) is 1. The second-order valence-corrected chi connectivity index (χ2v) is 12.3. The normalized spacial score (nSPS) is 17.8. The third-order valence-electron chi connectivity index (χ3n) is 3.21. The van der Waals surface area contributed by atoms with Gasteiger partial charge in [-0.2, -0.15) is 0 Å². The minimum atomic E-state index is -1.01. The first-order chi connectivity index (χ1) is 9.69. The Kier molecular flexibility index (Phi) is 6.34. The zero-order valence-electron chi connectivity index (χ0n) is 13.7. The van der Waals surface area contributed by atoms with Gasteiger partial charge in [0.25, 0.3) is 0 Å². The number of carbonyl (C=O) groups excluding carboxylic acids is 2. The Bertz CT molecular complexity index is 493. The summed E-state index contributed by atoms with van der Waals surface area (Å²) < 4.78 is 5.59. The van der Waals surface area contributed by atoms with Crippen molar-refractivity contribution in [2.24, 2.45) is 0 Å². The van der Waals surface area contributed by atoms with Crippen molar-refractivity contribution in [1.82, 2.24) is 0 Å². The van der Waals surface area contributed by atoms with Crippen molar-refractivity contribution in [3.63, 3.8) is 0 Å². The SMILES string of the molecule is CC1=CC(=O)C(OC(C)CC/C=C\C[Si](C)(C)C)=CC1=O. The van der Waals surface area contributed by atoms with Crippen LogP contribution in [0.3, 0.4) is 0 Å². The highest BCUT2D eigenvalue weighted by Gasteiger charge is 2.20. The maximum absolute atomic E-state index is 11.7. The van der Waals surface area contributed by atoms with E-state index in [2.05, 4.69) is 31.8 Å². The minimum absolute atomic E-state index is 0.0728. The van der Waals surface area contributed by atoms with Crippen LogP contribution in [0.25, 0.3) is 0 Å². The van der Waals surface area contributed by atoms with Crippen molar-refractivity contribution in [3.8, 4) is 0 Å². The van der Waals surface area contributed by atoms with E-state index in [0.29, 0.717) is 5.57 Å². The summed E-state index contributed by atoms with van der Waals surface area (Å²) in [5.74, 6) is -0.191. The van der Waals surface area contributed by atoms with Gasteiger partial charge in [0.1, 0.15) is 0 Å². The fourth-order valence-corrected chi connectivity index (χ4v) is 2.77. The Morgan fingerprint density at radius 2 is 1.81 bits per heavy atom. The molecule has 3 nitrogen and oxygen atoms in total. The number of hydrogen-bond acceptors (Lipinski definition) is 3. The number of ketones is 2. The van der Waals surface area contributed by atoms with Gasteiger partial charge >= 0.3 is 0 Å². The van der Waals surface area contributed by atoms with Gasteiger partial charge in [0.15, 0.2) is 11.5 Å². The Morgan fingerprint density at radius 3 is 2.43 bits per heavy atom. The first-order valence-electron chi connectivity index (χ1n) is 7.49. The molecule has 0 N–H and O–H groups in total. The topological polar surface area (TPSA) is 43.4 Å². The van der Waals surface area contributed by atoms with Gasteiger partial charge in [0, 0.05) is 19.7 Å². The van der Waals surface area contributed by atoms with Gasteiger partial charge in [0.05, 0.1) is 6.10 Å². The molecule has 0 spiro atoms. The summed E-state index contributed by atoms with van der Waals surface area (Å²) in [6.07, 6.45) is 8.77. The molecule has 0 radical (unpaired) electrons. The van der Waals surface area contributed by atoms with Crippen molar-refractivity contribution in [2.75, 3.05) is 0 Å². The number of rotatable bonds is 7. The van der Waals surface area contributed by atoms with Crippen LogP contribution >= 0.6 is 0 Å². The molecular formula is C17H26O3Si. The molecule has 21 heavy (non-hydrogen) atoms. The lowest BCUT2D eigenvalue weighted by atomic mass is 10.0. The molecule has 0 aromatic heterocycles. The average molecular weight is 306 g/mol. The highest BCUT2D eigenvalue weighted by atomic mass is 28.3. The van der Waals surface area contributed by atoms with Crippen LogP contribution in [0.4, 0.5) is 0 Å². The molecule has 0 heterocycles. The molecular weight excluding hydrogens is 280 g/mol. The molecule has 0 aliphatic heterocycles. The summed E-state index contributed by atoms with van der Waals surface area (Å²) in [5, 5.41) is 0. The average Bonchev–Trinajstić information content (AvgIpc) is 2.34. The van der Waals surface area contributed by atoms with E-state index in [-0.39, 0.29) is 23.4 Å². The molecule has 1 atom stereocenters. The van der Waals surface area contributed by atoms with Crippen LogP contribution in [0.5, 0.6) is 0 Å². The van der Waals surface area contributed by atoms with E-state index >= 15 is 0 Å². The predicted octanol–water partition coefficient (Wildman–Crippen LogP) is 4.05. The van der Waals surface area contributed by atoms with Gasteiger partial charge in [-0.15, -0.1) is 0 Å². The first kappa shape index (κ1) is 17.6. The summed E-state index contributed by atoms with van der Waals surface area (Å²) in [5.41, 5.74) is 0.467. The van der Waals surface area contributed by atoms with Gasteiger partial charge in [-0.05, 0) is 38.8 Å². The third-order valence-corrected chi connectivity index (χ3v) is 4.67. The van der Waals surface area contributed by atoms with Gasteiger partial charge < -0.3 is 4.74 Å². The molecule has 1 aliphatic carbocycles. The summed E-state index contributed by atoms with van der Waals surface area (Å²) >= 11 is 0. The van der Waals surface area contributed by atoms with Crippen molar-refractivity contribution in [1.29, 1.82) is 0 Å². The van der Waals surface area contributed by atoms with Crippen molar-refractivity contribution >= 4 is 19.6 Å². The highest BCUT2D eigenvalue weighted by molar-refractivity contribution is 6.76. The quantitative estimate of drug-likeness (QED) is 0.405. The second kappa shape index (κ2) is 7.55. The van der Waals surface area contributed by atoms with Crippen LogP contribution in [0.1, 0.15) is 26.7 Å². The molecule has 4 heteroatoms. The van der Waals surface area contributed by atoms with Crippen LogP contribution < -0.4 is 0 Å². The lowest BCUT2D eigenvalue weighted by Gasteiger charge is -2.17. The zero-order chi connectivity index (χ0) is 16.0. The lowest BCUT2D eigenvalue weighted by molar-refractivity contribution is -0.118. The molecule has 116 valence electrons. The molecule has 0 bridgehead atoms. The molecule has 0 saturated carbocycles. The molecule has 1 aliphatic rings. The van der Waals surface area contributed by atoms with Crippen LogP contribution in [-0.2, 0) is 14.3 Å². The molecule has 1 unspecified atom stereocenters. The fourth-order valence-electron chi connectivity index (χ4n) is 1.90. The van der Waals surface area contributed by atoms with E-state index in [4.69, 9.17) is 4.74 Å². The minimum Gasteiger partial charge on any atom is -0.486 e. The zero-order valence-corrected chi connectivity index (χ0v) is 14.7. The van der Waals surface area contributed by atoms with E-state index in [1.807, 2.05) is 6.92 Å². The molecule has 0 saturated heterocycles. The second-order valence-electron chi connectivity index (χ2n) is 6.81. The standard InChI is InChI=1S/C17H26O3Si/c1-13-11-16(19)17(12-15(13)18)20-14(2)9-7-6-8-10-21(3,4)5/h6,8,11-12,14H,7,9-10H2,1-5H3/b8-6-. The van der Waals surface area contributed by atoms with E-state index in [1.54, 1.807) is 6.92 Å². The Hall–Kier alpha value is -1.42. The maximum Gasteiger partial charge on any atom is 0.220 e. The van der Waals surface area contributed by atoms with E-state index in [1.165, 1.54) is 18.2 Å². The van der Waals surface area contributed by atoms with Crippen molar-refractivity contribution in [2.45, 2.75) is 58.5 Å². The monoisotopic (exact) mass is 306 g/mol. The summed E-state index contributed by atoms with van der Waals surface area (Å²) in [7, 11) is -1.01. The summed E-state index contributed by atoms with van der Waals surface area (Å²) in [6.45, 7) is 10.6. The molecule has 1 rings (SSSR count). The van der Waals surface area contributed by atoms with Gasteiger partial charge in [-0.3, -0.25) is 9.59 Å². The number of allylic oxidation sites excluding steroid dienone is 5. The van der Waals surface area contributed by atoms with E-state index < -0.39 is 8.07 Å².